The smallest absolute Gasteiger partial charge is 0.121 e. The van der Waals surface area contributed by atoms with Gasteiger partial charge in [0.05, 0.1) is 11.9 Å². The molecule has 0 saturated carbocycles. The Morgan fingerprint density at radius 1 is 1.40 bits per heavy atom. The molecule has 8 heteroatoms. The van der Waals surface area contributed by atoms with E-state index in [9.17, 15) is 10.4 Å². The average molecular weight is 278 g/mol. The molecule has 0 unspecified atom stereocenters. The Kier molecular flexibility index (Phi) is 5.69. The van der Waals surface area contributed by atoms with E-state index in [0.29, 0.717) is 0 Å². The van der Waals surface area contributed by atoms with Crippen molar-refractivity contribution in [3.05, 3.63) is 52.9 Å². The van der Waals surface area contributed by atoms with Gasteiger partial charge in [0.2, 0.25) is 0 Å². The van der Waals surface area contributed by atoms with E-state index >= 15 is 0 Å². The van der Waals surface area contributed by atoms with Crippen molar-refractivity contribution in [2.24, 2.45) is 5.10 Å². The van der Waals surface area contributed by atoms with Crippen molar-refractivity contribution >= 4 is 23.3 Å². The Bertz CT molecular complexity index is 526. The van der Waals surface area contributed by atoms with Crippen LogP contribution in [0.1, 0.15) is 6.92 Å². The molecule has 0 aromatic heterocycles. The molecule has 0 atom stereocenters. The number of rotatable bonds is 6. The van der Waals surface area contributed by atoms with E-state index in [1.807, 2.05) is 0 Å². The summed E-state index contributed by atoms with van der Waals surface area (Å²) in [5, 5.41) is 42.4. The van der Waals surface area contributed by atoms with Crippen LogP contribution in [-0.4, -0.2) is 16.6 Å². The van der Waals surface area contributed by atoms with Crippen LogP contribution >= 0.6 is 0 Å². The van der Waals surface area contributed by atoms with Gasteiger partial charge in [0, 0.05) is 5.69 Å². The van der Waals surface area contributed by atoms with Crippen LogP contribution in [0.15, 0.2) is 47.6 Å². The monoisotopic (exact) mass is 278 g/mol. The fourth-order valence-corrected chi connectivity index (χ4v) is 1.33. The van der Waals surface area contributed by atoms with Crippen LogP contribution in [0.3, 0.4) is 0 Å². The van der Waals surface area contributed by atoms with Crippen molar-refractivity contribution in [3.63, 3.8) is 0 Å². The first-order chi connectivity index (χ1) is 9.45. The van der Waals surface area contributed by atoms with Crippen LogP contribution < -0.4 is 15.9 Å². The van der Waals surface area contributed by atoms with Crippen LogP contribution in [0.2, 0.25) is 0 Å². The number of hydrogen-bond acceptors (Lipinski definition) is 8. The van der Waals surface area contributed by atoms with Gasteiger partial charge < -0.3 is 15.6 Å². The van der Waals surface area contributed by atoms with Gasteiger partial charge in [-0.1, -0.05) is 18.7 Å². The van der Waals surface area contributed by atoms with Crippen molar-refractivity contribution in [2.75, 3.05) is 15.9 Å². The van der Waals surface area contributed by atoms with Crippen molar-refractivity contribution in [1.29, 1.82) is 0 Å². The maximum atomic E-state index is 10.6. The lowest BCUT2D eigenvalue weighted by atomic mass is 10.2. The van der Waals surface area contributed by atoms with Gasteiger partial charge >= 0.3 is 0 Å². The summed E-state index contributed by atoms with van der Waals surface area (Å²) in [6, 6.07) is 3.54. The largest absolute Gasteiger partial charge is 0.769 e. The summed E-state index contributed by atoms with van der Waals surface area (Å²) >= 11 is 0. The minimum atomic E-state index is -0.642. The first-order valence-electron chi connectivity index (χ1n) is 5.50. The van der Waals surface area contributed by atoms with E-state index in [4.69, 9.17) is 10.4 Å². The van der Waals surface area contributed by atoms with Crippen LogP contribution in [0.4, 0.5) is 17.1 Å². The molecule has 1 rings (SSSR count). The number of hydrogen-bond donors (Lipinski definition) is 3. The topological polar surface area (TPSA) is 117 Å². The fraction of sp³-hybridized carbons (Fsp3) is 0.0833. The Balaban J connectivity index is 2.95. The van der Waals surface area contributed by atoms with Crippen molar-refractivity contribution in [1.82, 2.24) is 0 Å². The first kappa shape index (κ1) is 15.7. The highest BCUT2D eigenvalue weighted by Gasteiger charge is 2.07. The second-order valence-electron chi connectivity index (χ2n) is 3.76. The minimum absolute atomic E-state index is 0.193. The normalized spacial score (nSPS) is 11.6. The van der Waals surface area contributed by atoms with Crippen LogP contribution in [0.25, 0.3) is 0 Å². The zero-order valence-electron chi connectivity index (χ0n) is 10.7. The molecule has 0 spiro atoms. The van der Waals surface area contributed by atoms with Gasteiger partial charge in [-0.25, -0.2) is 0 Å². The second kappa shape index (κ2) is 7.26. The second-order valence-corrected chi connectivity index (χ2v) is 3.76. The molecule has 0 aliphatic rings. The number of benzene rings is 1. The van der Waals surface area contributed by atoms with Gasteiger partial charge in [-0.2, -0.15) is 5.10 Å². The molecule has 0 amide bonds. The maximum absolute atomic E-state index is 10.6. The quantitative estimate of drug-likeness (QED) is 0.416. The Morgan fingerprint density at radius 2 is 2.10 bits per heavy atom. The molecule has 0 aliphatic heterocycles. The number of nitrogens with zero attached hydrogens (tertiary/aromatic N) is 3. The standard InChI is InChI=1S/C12H14N4O4/c1-3-4-9(2)8-13-14-11-6-5-10(15(17)18)7-12(11)16(19)20/h3-8,14,19-20H,1H2,2H3/q-2. The zero-order chi connectivity index (χ0) is 15.1. The third-order valence-corrected chi connectivity index (χ3v) is 2.24. The highest BCUT2D eigenvalue weighted by atomic mass is 16.8. The summed E-state index contributed by atoms with van der Waals surface area (Å²) < 4.78 is 0. The summed E-state index contributed by atoms with van der Waals surface area (Å²) in [7, 11) is 0. The molecule has 0 aliphatic carbocycles. The fourth-order valence-electron chi connectivity index (χ4n) is 1.33. The van der Waals surface area contributed by atoms with Crippen LogP contribution in [-0.2, 0) is 0 Å². The molecule has 3 N–H and O–H groups in total. The van der Waals surface area contributed by atoms with Gasteiger partial charge in [0.25, 0.3) is 0 Å². The number of nitrogens with one attached hydrogen (secondary N) is 1. The van der Waals surface area contributed by atoms with Gasteiger partial charge in [-0.15, -0.1) is 5.23 Å². The van der Waals surface area contributed by atoms with E-state index in [1.54, 1.807) is 19.1 Å². The van der Waals surface area contributed by atoms with E-state index in [0.717, 1.165) is 11.6 Å². The molecule has 0 radical (unpaired) electrons. The molecule has 1 aromatic rings. The predicted molar refractivity (Wildman–Crippen MR) is 77.8 cm³/mol. The molecule has 0 heterocycles. The summed E-state index contributed by atoms with van der Waals surface area (Å²) in [6.45, 7) is 5.33. The molecule has 8 nitrogen and oxygen atoms in total. The van der Waals surface area contributed by atoms with Crippen molar-refractivity contribution in [2.45, 2.75) is 6.92 Å². The van der Waals surface area contributed by atoms with E-state index in [2.05, 4.69) is 17.1 Å². The minimum Gasteiger partial charge on any atom is -0.769 e. The predicted octanol–water partition coefficient (Wildman–Crippen LogP) is 2.60. The molecule has 20 heavy (non-hydrogen) atoms. The maximum Gasteiger partial charge on any atom is 0.121 e. The van der Waals surface area contributed by atoms with Gasteiger partial charge in [-0.3, -0.25) is 15.8 Å². The lowest BCUT2D eigenvalue weighted by Gasteiger charge is -2.37. The van der Waals surface area contributed by atoms with E-state index in [-0.39, 0.29) is 22.3 Å². The third-order valence-electron chi connectivity index (χ3n) is 2.24. The molecular weight excluding hydrogens is 264 g/mol. The highest BCUT2D eigenvalue weighted by Crippen LogP contribution is 2.29. The lowest BCUT2D eigenvalue weighted by Crippen LogP contribution is -2.14. The third kappa shape index (κ3) is 4.37. The van der Waals surface area contributed by atoms with E-state index in [1.165, 1.54) is 18.3 Å². The highest BCUT2D eigenvalue weighted by molar-refractivity contribution is 5.80. The van der Waals surface area contributed by atoms with Gasteiger partial charge in [-0.05, 0) is 30.7 Å². The Hall–Kier alpha value is -2.39. The van der Waals surface area contributed by atoms with Gasteiger partial charge in [0.15, 0.2) is 0 Å². The molecule has 1 aromatic carbocycles. The number of hydrazone groups is 1. The summed E-state index contributed by atoms with van der Waals surface area (Å²) in [6.07, 6.45) is 4.82. The molecule has 0 fully saturated rings. The molecular formula is C12H14N4O4-2. The number of allylic oxidation sites excluding steroid dienone is 3. The van der Waals surface area contributed by atoms with Crippen molar-refractivity contribution in [3.8, 4) is 0 Å². The molecule has 0 bridgehead atoms. The van der Waals surface area contributed by atoms with Crippen LogP contribution in [0, 0.1) is 10.4 Å². The Morgan fingerprint density at radius 3 is 2.65 bits per heavy atom. The number of anilines is 3. The average Bonchev–Trinajstić information content (AvgIpc) is 2.38. The van der Waals surface area contributed by atoms with Crippen molar-refractivity contribution < 1.29 is 10.4 Å². The van der Waals surface area contributed by atoms with E-state index < -0.39 is 5.23 Å². The lowest BCUT2D eigenvalue weighted by molar-refractivity contribution is 0.0295. The first-order valence-corrected chi connectivity index (χ1v) is 5.50. The summed E-state index contributed by atoms with van der Waals surface area (Å²) in [4.78, 5) is 0. The summed E-state index contributed by atoms with van der Waals surface area (Å²) in [5.41, 5.74) is 3.11. The SMILES string of the molecule is C=CC=C(C)C=NNc1ccc(N([O-])[O-])cc1N(O)O. The summed E-state index contributed by atoms with van der Waals surface area (Å²) in [5.74, 6) is 0. The zero-order valence-corrected chi connectivity index (χ0v) is 10.7. The molecule has 0 saturated heterocycles. The van der Waals surface area contributed by atoms with Gasteiger partial charge in [0.1, 0.15) is 5.69 Å². The van der Waals surface area contributed by atoms with Crippen LogP contribution in [0.5, 0.6) is 0 Å². The Labute approximate surface area is 115 Å². The molecule has 108 valence electrons.